The molecule has 3 rings (SSSR count). The van der Waals surface area contributed by atoms with Gasteiger partial charge in [-0.2, -0.15) is 0 Å². The minimum atomic E-state index is -0.387. The molecule has 6 heteroatoms. The summed E-state index contributed by atoms with van der Waals surface area (Å²) in [5.74, 6) is 0.436. The molecule has 1 aromatic carbocycles. The van der Waals surface area contributed by atoms with Crippen LogP contribution in [0.25, 0.3) is 6.08 Å². The molecule has 0 aliphatic carbocycles. The maximum absolute atomic E-state index is 12.2. The van der Waals surface area contributed by atoms with E-state index >= 15 is 0 Å². The second-order valence-corrected chi connectivity index (χ2v) is 5.58. The van der Waals surface area contributed by atoms with Crippen LogP contribution in [0.2, 0.25) is 0 Å². The third-order valence-electron chi connectivity index (χ3n) is 3.88. The highest BCUT2D eigenvalue weighted by Gasteiger charge is 2.24. The van der Waals surface area contributed by atoms with E-state index in [-0.39, 0.29) is 12.0 Å². The van der Waals surface area contributed by atoms with Crippen molar-refractivity contribution in [1.82, 2.24) is 14.8 Å². The summed E-state index contributed by atoms with van der Waals surface area (Å²) in [6.07, 6.45) is 4.50. The Hall–Kier alpha value is -3.15. The molecule has 0 unspecified atom stereocenters. The molecule has 0 N–H and O–H groups in total. The van der Waals surface area contributed by atoms with Gasteiger partial charge >= 0.3 is 6.09 Å². The molecule has 1 saturated heterocycles. The quantitative estimate of drug-likeness (QED) is 0.807. The highest BCUT2D eigenvalue weighted by Crippen LogP contribution is 2.12. The molecule has 2 amide bonds. The molecule has 2 aromatic rings. The maximum atomic E-state index is 12.2. The van der Waals surface area contributed by atoms with Crippen LogP contribution in [0.5, 0.6) is 5.75 Å². The number of benzene rings is 1. The molecule has 1 aliphatic rings. The molecular formula is C19H19N3O3. The highest BCUT2D eigenvalue weighted by molar-refractivity contribution is 5.91. The Labute approximate surface area is 146 Å². The van der Waals surface area contributed by atoms with Gasteiger partial charge in [-0.05, 0) is 30.3 Å². The van der Waals surface area contributed by atoms with Crippen LogP contribution in [0.1, 0.15) is 5.69 Å². The van der Waals surface area contributed by atoms with E-state index in [1.807, 2.05) is 36.4 Å². The van der Waals surface area contributed by atoms with E-state index in [4.69, 9.17) is 4.74 Å². The van der Waals surface area contributed by atoms with Crippen molar-refractivity contribution < 1.29 is 14.3 Å². The highest BCUT2D eigenvalue weighted by atomic mass is 16.6. The van der Waals surface area contributed by atoms with Crippen LogP contribution >= 0.6 is 0 Å². The number of pyridine rings is 1. The first-order chi connectivity index (χ1) is 12.2. The SMILES string of the molecule is O=C(/C=C/c1ccccn1)N1CCN(C(=O)Oc2ccccc2)CC1. The molecule has 0 spiro atoms. The minimum absolute atomic E-state index is 0.0817. The largest absolute Gasteiger partial charge is 0.415 e. The van der Waals surface area contributed by atoms with Crippen molar-refractivity contribution in [3.63, 3.8) is 0 Å². The fourth-order valence-electron chi connectivity index (χ4n) is 2.50. The van der Waals surface area contributed by atoms with Crippen molar-refractivity contribution in [3.8, 4) is 5.75 Å². The third-order valence-corrected chi connectivity index (χ3v) is 3.88. The summed E-state index contributed by atoms with van der Waals surface area (Å²) in [5, 5.41) is 0. The molecule has 1 aliphatic heterocycles. The number of amides is 2. The first kappa shape index (κ1) is 16.7. The number of nitrogens with zero attached hydrogens (tertiary/aromatic N) is 3. The van der Waals surface area contributed by atoms with Gasteiger partial charge in [0.15, 0.2) is 0 Å². The second-order valence-electron chi connectivity index (χ2n) is 5.58. The smallest absolute Gasteiger partial charge is 0.410 e. The lowest BCUT2D eigenvalue weighted by Gasteiger charge is -2.33. The predicted molar refractivity (Wildman–Crippen MR) is 93.9 cm³/mol. The molecule has 0 atom stereocenters. The topological polar surface area (TPSA) is 62.7 Å². The second kappa shape index (κ2) is 8.10. The van der Waals surface area contributed by atoms with Gasteiger partial charge in [-0.3, -0.25) is 9.78 Å². The number of para-hydroxylation sites is 1. The van der Waals surface area contributed by atoms with Gasteiger partial charge in [-0.1, -0.05) is 24.3 Å². The minimum Gasteiger partial charge on any atom is -0.410 e. The number of carbonyl (C=O) groups excluding carboxylic acids is 2. The zero-order valence-electron chi connectivity index (χ0n) is 13.7. The van der Waals surface area contributed by atoms with Crippen LogP contribution in [0.3, 0.4) is 0 Å². The monoisotopic (exact) mass is 337 g/mol. The van der Waals surface area contributed by atoms with Crippen molar-refractivity contribution in [3.05, 3.63) is 66.5 Å². The van der Waals surface area contributed by atoms with Gasteiger partial charge < -0.3 is 14.5 Å². The van der Waals surface area contributed by atoms with Crippen molar-refractivity contribution >= 4 is 18.1 Å². The zero-order valence-corrected chi connectivity index (χ0v) is 13.7. The average molecular weight is 337 g/mol. The summed E-state index contributed by atoms with van der Waals surface area (Å²) < 4.78 is 5.32. The number of hydrogen-bond acceptors (Lipinski definition) is 4. The summed E-state index contributed by atoms with van der Waals surface area (Å²) in [6, 6.07) is 14.5. The van der Waals surface area contributed by atoms with Crippen LogP contribution in [-0.4, -0.2) is 53.0 Å². The van der Waals surface area contributed by atoms with Crippen LogP contribution in [-0.2, 0) is 4.79 Å². The van der Waals surface area contributed by atoms with E-state index in [9.17, 15) is 9.59 Å². The number of rotatable bonds is 3. The van der Waals surface area contributed by atoms with Crippen molar-refractivity contribution in [2.45, 2.75) is 0 Å². The zero-order chi connectivity index (χ0) is 17.5. The Bertz CT molecular complexity index is 739. The number of ether oxygens (including phenoxy) is 1. The lowest BCUT2D eigenvalue weighted by Crippen LogP contribution is -2.51. The summed E-state index contributed by atoms with van der Waals surface area (Å²) in [7, 11) is 0. The van der Waals surface area contributed by atoms with Crippen molar-refractivity contribution in [2.75, 3.05) is 26.2 Å². The Kier molecular flexibility index (Phi) is 5.41. The summed E-state index contributed by atoms with van der Waals surface area (Å²) in [5.41, 5.74) is 0.737. The average Bonchev–Trinajstić information content (AvgIpc) is 2.68. The fraction of sp³-hybridized carbons (Fsp3) is 0.211. The Morgan fingerprint density at radius 1 is 0.920 bits per heavy atom. The van der Waals surface area contributed by atoms with Gasteiger partial charge in [0, 0.05) is 38.5 Å². The van der Waals surface area contributed by atoms with Crippen molar-refractivity contribution in [2.24, 2.45) is 0 Å². The van der Waals surface area contributed by atoms with E-state index in [1.54, 1.807) is 34.2 Å². The summed E-state index contributed by atoms with van der Waals surface area (Å²) in [6.45, 7) is 1.87. The lowest BCUT2D eigenvalue weighted by molar-refractivity contribution is -0.127. The van der Waals surface area contributed by atoms with Gasteiger partial charge in [0.25, 0.3) is 0 Å². The molecule has 0 bridgehead atoms. The maximum Gasteiger partial charge on any atom is 0.415 e. The number of hydrogen-bond donors (Lipinski definition) is 0. The number of piperazine rings is 1. The first-order valence-electron chi connectivity index (χ1n) is 8.12. The molecule has 1 aromatic heterocycles. The summed E-state index contributed by atoms with van der Waals surface area (Å²) >= 11 is 0. The molecule has 0 radical (unpaired) electrons. The van der Waals surface area contributed by atoms with Crippen LogP contribution in [0.4, 0.5) is 4.79 Å². The van der Waals surface area contributed by atoms with Gasteiger partial charge in [0.1, 0.15) is 5.75 Å². The van der Waals surface area contributed by atoms with E-state index in [0.717, 1.165) is 5.69 Å². The molecule has 1 fully saturated rings. The van der Waals surface area contributed by atoms with E-state index in [0.29, 0.717) is 31.9 Å². The lowest BCUT2D eigenvalue weighted by atomic mass is 10.3. The molecular weight excluding hydrogens is 318 g/mol. The molecule has 128 valence electrons. The van der Waals surface area contributed by atoms with E-state index in [1.165, 1.54) is 6.08 Å². The Morgan fingerprint density at radius 3 is 2.28 bits per heavy atom. The molecule has 0 saturated carbocycles. The van der Waals surface area contributed by atoms with Gasteiger partial charge in [0.2, 0.25) is 5.91 Å². The normalized spacial score (nSPS) is 14.6. The Morgan fingerprint density at radius 2 is 1.60 bits per heavy atom. The van der Waals surface area contributed by atoms with Gasteiger partial charge in [0.05, 0.1) is 5.69 Å². The van der Waals surface area contributed by atoms with E-state index < -0.39 is 0 Å². The van der Waals surface area contributed by atoms with Crippen LogP contribution in [0.15, 0.2) is 60.8 Å². The summed E-state index contributed by atoms with van der Waals surface area (Å²) in [4.78, 5) is 31.8. The number of aromatic nitrogens is 1. The van der Waals surface area contributed by atoms with Gasteiger partial charge in [-0.25, -0.2) is 4.79 Å². The van der Waals surface area contributed by atoms with Crippen LogP contribution in [0, 0.1) is 0 Å². The third kappa shape index (κ3) is 4.67. The fourth-order valence-corrected chi connectivity index (χ4v) is 2.50. The number of carbonyl (C=O) groups is 2. The molecule has 2 heterocycles. The van der Waals surface area contributed by atoms with Gasteiger partial charge in [-0.15, -0.1) is 0 Å². The molecule has 6 nitrogen and oxygen atoms in total. The van der Waals surface area contributed by atoms with Crippen LogP contribution < -0.4 is 4.74 Å². The predicted octanol–water partition coefficient (Wildman–Crippen LogP) is 2.44. The van der Waals surface area contributed by atoms with E-state index in [2.05, 4.69) is 4.98 Å². The standard InChI is InChI=1S/C19H19N3O3/c23-18(10-9-16-6-4-5-11-20-16)21-12-14-22(15-13-21)19(24)25-17-7-2-1-3-8-17/h1-11H,12-15H2/b10-9+. The van der Waals surface area contributed by atoms with Crippen molar-refractivity contribution in [1.29, 1.82) is 0 Å². The Balaban J connectivity index is 1.49. The molecule has 25 heavy (non-hydrogen) atoms. The first-order valence-corrected chi connectivity index (χ1v) is 8.12.